The van der Waals surface area contributed by atoms with E-state index in [1.165, 1.54) is 5.01 Å². The smallest absolute Gasteiger partial charge is 0.270 e. The molecule has 156 valence electrons. The zero-order valence-corrected chi connectivity index (χ0v) is 17.4. The van der Waals surface area contributed by atoms with E-state index in [9.17, 15) is 9.59 Å². The van der Waals surface area contributed by atoms with Crippen molar-refractivity contribution in [3.63, 3.8) is 0 Å². The molecule has 0 unspecified atom stereocenters. The first kappa shape index (κ1) is 19.9. The SMILES string of the molecule is COc1cccc(N2CCN(C(=O)C3=NN(c4cccc(C)c4)C(=O)CC3)CC2)c1. The van der Waals surface area contributed by atoms with E-state index < -0.39 is 0 Å². The molecule has 30 heavy (non-hydrogen) atoms. The van der Waals surface area contributed by atoms with Crippen molar-refractivity contribution in [3.05, 3.63) is 54.1 Å². The third-order valence-electron chi connectivity index (χ3n) is 5.51. The number of hydrogen-bond acceptors (Lipinski definition) is 5. The van der Waals surface area contributed by atoms with Crippen LogP contribution in [0, 0.1) is 6.92 Å². The van der Waals surface area contributed by atoms with E-state index in [-0.39, 0.29) is 11.8 Å². The van der Waals surface area contributed by atoms with Crippen molar-refractivity contribution in [3.8, 4) is 5.75 Å². The lowest BCUT2D eigenvalue weighted by molar-refractivity contribution is -0.124. The third-order valence-corrected chi connectivity index (χ3v) is 5.51. The van der Waals surface area contributed by atoms with E-state index in [0.717, 1.165) is 30.1 Å². The standard InChI is InChI=1S/C23H26N4O3/c1-17-5-3-7-19(15-17)27-22(28)10-9-21(24-27)23(29)26-13-11-25(12-14-26)18-6-4-8-20(16-18)30-2/h3-8,15-16H,9-14H2,1-2H3. The Morgan fingerprint density at radius 3 is 2.43 bits per heavy atom. The highest BCUT2D eigenvalue weighted by Gasteiger charge is 2.30. The van der Waals surface area contributed by atoms with Crippen molar-refractivity contribution in [2.24, 2.45) is 5.10 Å². The Labute approximate surface area is 176 Å². The molecule has 2 heterocycles. The van der Waals surface area contributed by atoms with Crippen LogP contribution in [0.3, 0.4) is 0 Å². The third kappa shape index (κ3) is 4.15. The van der Waals surface area contributed by atoms with Gasteiger partial charge in [-0.25, -0.2) is 5.01 Å². The molecule has 2 amide bonds. The summed E-state index contributed by atoms with van der Waals surface area (Å²) in [5.41, 5.74) is 3.29. The fraction of sp³-hybridized carbons (Fsp3) is 0.348. The minimum Gasteiger partial charge on any atom is -0.497 e. The maximum absolute atomic E-state index is 13.1. The van der Waals surface area contributed by atoms with Gasteiger partial charge in [-0.3, -0.25) is 9.59 Å². The predicted octanol–water partition coefficient (Wildman–Crippen LogP) is 2.84. The first-order chi connectivity index (χ1) is 14.5. The van der Waals surface area contributed by atoms with E-state index in [1.807, 2.05) is 54.3 Å². The molecule has 0 aliphatic carbocycles. The monoisotopic (exact) mass is 406 g/mol. The molecule has 7 nitrogen and oxygen atoms in total. The van der Waals surface area contributed by atoms with E-state index in [0.29, 0.717) is 37.3 Å². The lowest BCUT2D eigenvalue weighted by Crippen LogP contribution is -2.51. The van der Waals surface area contributed by atoms with Gasteiger partial charge < -0.3 is 14.5 Å². The predicted molar refractivity (Wildman–Crippen MR) is 117 cm³/mol. The highest BCUT2D eigenvalue weighted by atomic mass is 16.5. The van der Waals surface area contributed by atoms with E-state index in [2.05, 4.69) is 16.1 Å². The average Bonchev–Trinajstić information content (AvgIpc) is 2.79. The van der Waals surface area contributed by atoms with Crippen molar-refractivity contribution in [1.29, 1.82) is 0 Å². The lowest BCUT2D eigenvalue weighted by atomic mass is 10.1. The Morgan fingerprint density at radius 1 is 0.967 bits per heavy atom. The Balaban J connectivity index is 1.44. The number of aryl methyl sites for hydroxylation is 1. The van der Waals surface area contributed by atoms with Crippen LogP contribution in [-0.4, -0.2) is 55.7 Å². The summed E-state index contributed by atoms with van der Waals surface area (Å²) >= 11 is 0. The molecule has 0 N–H and O–H groups in total. The topological polar surface area (TPSA) is 65.5 Å². The molecule has 2 aromatic carbocycles. The number of ether oxygens (including phenoxy) is 1. The number of benzene rings is 2. The van der Waals surface area contributed by atoms with E-state index in [1.54, 1.807) is 7.11 Å². The first-order valence-corrected chi connectivity index (χ1v) is 10.2. The molecule has 0 aromatic heterocycles. The van der Waals surface area contributed by atoms with Gasteiger partial charge in [-0.15, -0.1) is 0 Å². The number of hydrazone groups is 1. The number of hydrogen-bond donors (Lipinski definition) is 0. The maximum Gasteiger partial charge on any atom is 0.270 e. The van der Waals surface area contributed by atoms with Gasteiger partial charge in [0.15, 0.2) is 0 Å². The van der Waals surface area contributed by atoms with Crippen LogP contribution in [0.2, 0.25) is 0 Å². The number of carbonyl (C=O) groups is 2. The van der Waals surface area contributed by atoms with Crippen LogP contribution >= 0.6 is 0 Å². The van der Waals surface area contributed by atoms with E-state index >= 15 is 0 Å². The highest BCUT2D eigenvalue weighted by molar-refractivity contribution is 6.40. The Kier molecular flexibility index (Phi) is 5.70. The Hall–Kier alpha value is -3.35. The second kappa shape index (κ2) is 8.57. The number of nitrogens with zero attached hydrogens (tertiary/aromatic N) is 4. The van der Waals surface area contributed by atoms with Crippen LogP contribution in [0.5, 0.6) is 5.75 Å². The molecular weight excluding hydrogens is 380 g/mol. The van der Waals surface area contributed by atoms with Crippen LogP contribution in [0.4, 0.5) is 11.4 Å². The molecule has 0 bridgehead atoms. The minimum absolute atomic E-state index is 0.0783. The maximum atomic E-state index is 13.1. The summed E-state index contributed by atoms with van der Waals surface area (Å²) in [5, 5.41) is 5.80. The fourth-order valence-electron chi connectivity index (χ4n) is 3.83. The van der Waals surface area contributed by atoms with Gasteiger partial charge in [-0.1, -0.05) is 18.2 Å². The van der Waals surface area contributed by atoms with Gasteiger partial charge in [0, 0.05) is 50.8 Å². The lowest BCUT2D eigenvalue weighted by Gasteiger charge is -2.36. The van der Waals surface area contributed by atoms with Crippen LogP contribution in [0.15, 0.2) is 53.6 Å². The zero-order chi connectivity index (χ0) is 21.1. The number of amides is 2. The number of anilines is 2. The molecule has 2 aliphatic rings. The minimum atomic E-state index is -0.0833. The van der Waals surface area contributed by atoms with Gasteiger partial charge in [-0.05, 0) is 36.8 Å². The van der Waals surface area contributed by atoms with Gasteiger partial charge in [0.05, 0.1) is 12.8 Å². The normalized spacial score (nSPS) is 17.1. The van der Waals surface area contributed by atoms with Crippen LogP contribution in [0.1, 0.15) is 18.4 Å². The Morgan fingerprint density at radius 2 is 1.70 bits per heavy atom. The summed E-state index contributed by atoms with van der Waals surface area (Å²) in [7, 11) is 1.66. The van der Waals surface area contributed by atoms with Gasteiger partial charge in [0.2, 0.25) is 5.91 Å². The molecule has 0 atom stereocenters. The average molecular weight is 406 g/mol. The number of rotatable bonds is 4. The molecule has 2 aliphatic heterocycles. The van der Waals surface area contributed by atoms with Crippen molar-refractivity contribution >= 4 is 28.9 Å². The molecular formula is C23H26N4O3. The second-order valence-electron chi connectivity index (χ2n) is 7.57. The summed E-state index contributed by atoms with van der Waals surface area (Å²) in [4.78, 5) is 29.5. The van der Waals surface area contributed by atoms with Gasteiger partial charge in [-0.2, -0.15) is 5.10 Å². The number of piperazine rings is 1. The van der Waals surface area contributed by atoms with Crippen molar-refractivity contribution in [1.82, 2.24) is 4.90 Å². The van der Waals surface area contributed by atoms with Gasteiger partial charge >= 0.3 is 0 Å². The molecule has 7 heteroatoms. The van der Waals surface area contributed by atoms with Gasteiger partial charge in [0.25, 0.3) is 5.91 Å². The molecule has 0 saturated carbocycles. The summed E-state index contributed by atoms with van der Waals surface area (Å²) in [6.07, 6.45) is 0.679. The summed E-state index contributed by atoms with van der Waals surface area (Å²) in [6, 6.07) is 15.6. The molecule has 0 radical (unpaired) electrons. The molecule has 4 rings (SSSR count). The molecule has 0 spiro atoms. The second-order valence-corrected chi connectivity index (χ2v) is 7.57. The van der Waals surface area contributed by atoms with E-state index in [4.69, 9.17) is 4.74 Å². The number of methoxy groups -OCH3 is 1. The Bertz CT molecular complexity index is 980. The summed E-state index contributed by atoms with van der Waals surface area (Å²) in [5.74, 6) is 0.661. The van der Waals surface area contributed by atoms with Gasteiger partial charge in [0.1, 0.15) is 11.5 Å². The molecule has 2 aromatic rings. The van der Waals surface area contributed by atoms with Crippen LogP contribution in [0.25, 0.3) is 0 Å². The summed E-state index contributed by atoms with van der Waals surface area (Å²) < 4.78 is 5.31. The van der Waals surface area contributed by atoms with Crippen LogP contribution < -0.4 is 14.6 Å². The van der Waals surface area contributed by atoms with Crippen molar-refractivity contribution in [2.75, 3.05) is 43.2 Å². The number of carbonyl (C=O) groups excluding carboxylic acids is 2. The molecule has 1 saturated heterocycles. The first-order valence-electron chi connectivity index (χ1n) is 10.2. The van der Waals surface area contributed by atoms with Crippen LogP contribution in [-0.2, 0) is 9.59 Å². The largest absolute Gasteiger partial charge is 0.497 e. The highest BCUT2D eigenvalue weighted by Crippen LogP contribution is 2.24. The fourth-order valence-corrected chi connectivity index (χ4v) is 3.83. The van der Waals surface area contributed by atoms with Crippen molar-refractivity contribution in [2.45, 2.75) is 19.8 Å². The molecule has 1 fully saturated rings. The summed E-state index contributed by atoms with van der Waals surface area (Å²) in [6.45, 7) is 4.69. The van der Waals surface area contributed by atoms with Crippen molar-refractivity contribution < 1.29 is 14.3 Å². The zero-order valence-electron chi connectivity index (χ0n) is 17.4. The quantitative estimate of drug-likeness (QED) is 0.783.